The first-order valence-electron chi connectivity index (χ1n) is 6.20. The number of amidine groups is 1. The van der Waals surface area contributed by atoms with Crippen molar-refractivity contribution in [2.75, 3.05) is 11.1 Å². The number of hydrogen-bond donors (Lipinski definition) is 1. The summed E-state index contributed by atoms with van der Waals surface area (Å²) in [6.45, 7) is 0. The van der Waals surface area contributed by atoms with Crippen LogP contribution in [0.5, 0.6) is 0 Å². The summed E-state index contributed by atoms with van der Waals surface area (Å²) in [7, 11) is 0. The van der Waals surface area contributed by atoms with E-state index in [0.29, 0.717) is 5.69 Å². The number of hydrogen-bond acceptors (Lipinski definition) is 3. The van der Waals surface area contributed by atoms with Crippen LogP contribution in [0.2, 0.25) is 5.02 Å². The summed E-state index contributed by atoms with van der Waals surface area (Å²) in [5.41, 5.74) is 1.53. The van der Waals surface area contributed by atoms with Crippen LogP contribution in [0.3, 0.4) is 0 Å². The summed E-state index contributed by atoms with van der Waals surface area (Å²) in [5.74, 6) is 0.412. The van der Waals surface area contributed by atoms with Crippen molar-refractivity contribution in [1.82, 2.24) is 0 Å². The number of nitrogens with zero attached hydrogens (tertiary/aromatic N) is 1. The van der Waals surface area contributed by atoms with Gasteiger partial charge in [-0.1, -0.05) is 59.8 Å². The molecule has 2 aromatic rings. The van der Waals surface area contributed by atoms with Crippen LogP contribution in [-0.2, 0) is 0 Å². The topological polar surface area (TPSA) is 24.4 Å². The van der Waals surface area contributed by atoms with E-state index in [9.17, 15) is 4.39 Å². The van der Waals surface area contributed by atoms with Gasteiger partial charge in [0.25, 0.3) is 0 Å². The molecule has 1 aliphatic rings. The van der Waals surface area contributed by atoms with Crippen molar-refractivity contribution < 1.29 is 4.39 Å². The lowest BCUT2D eigenvalue weighted by Gasteiger charge is -2.07. The molecule has 0 spiro atoms. The fourth-order valence-corrected chi connectivity index (χ4v) is 3.14. The summed E-state index contributed by atoms with van der Waals surface area (Å²) < 4.78 is 13.8. The second kappa shape index (κ2) is 5.85. The van der Waals surface area contributed by atoms with Gasteiger partial charge in [0, 0.05) is 5.75 Å². The molecule has 1 atom stereocenters. The van der Waals surface area contributed by atoms with Gasteiger partial charge in [-0.25, -0.2) is 4.39 Å². The number of halogens is 2. The van der Waals surface area contributed by atoms with Gasteiger partial charge in [-0.2, -0.15) is 0 Å². The highest BCUT2D eigenvalue weighted by Gasteiger charge is 2.20. The van der Waals surface area contributed by atoms with Crippen molar-refractivity contribution in [3.63, 3.8) is 0 Å². The minimum absolute atomic E-state index is 0.109. The van der Waals surface area contributed by atoms with Gasteiger partial charge in [0.1, 0.15) is 0 Å². The Labute approximate surface area is 126 Å². The van der Waals surface area contributed by atoms with Crippen LogP contribution in [-0.4, -0.2) is 10.9 Å². The average molecular weight is 307 g/mol. The van der Waals surface area contributed by atoms with E-state index < -0.39 is 5.82 Å². The first-order chi connectivity index (χ1) is 9.74. The predicted octanol–water partition coefficient (Wildman–Crippen LogP) is 4.74. The number of thioether (sulfide) groups is 1. The van der Waals surface area contributed by atoms with Crippen molar-refractivity contribution >= 4 is 34.2 Å². The molecule has 1 N–H and O–H groups in total. The number of rotatable bonds is 2. The molecular formula is C15H12ClFN2S. The number of nitrogens with one attached hydrogen (secondary N) is 1. The Morgan fingerprint density at radius 3 is 2.75 bits per heavy atom. The van der Waals surface area contributed by atoms with E-state index in [1.165, 1.54) is 11.6 Å². The maximum atomic E-state index is 13.8. The smallest absolute Gasteiger partial charge is 0.165 e. The lowest BCUT2D eigenvalue weighted by atomic mass is 10.1. The first kappa shape index (κ1) is 13.5. The standard InChI is InChI=1S/C15H12ClFN2S/c16-11-7-4-8-12(14(11)17)18-15-19-13(9-20-15)10-5-2-1-3-6-10/h1-8,13H,9H2,(H,18,19). The molecule has 0 bridgehead atoms. The lowest BCUT2D eigenvalue weighted by Crippen LogP contribution is -2.06. The summed E-state index contributed by atoms with van der Waals surface area (Å²) in [6.07, 6.45) is 0. The molecule has 0 amide bonds. The Bertz CT molecular complexity index is 646. The van der Waals surface area contributed by atoms with E-state index in [2.05, 4.69) is 22.4 Å². The van der Waals surface area contributed by atoms with E-state index in [-0.39, 0.29) is 11.1 Å². The fraction of sp³-hybridized carbons (Fsp3) is 0.133. The largest absolute Gasteiger partial charge is 0.333 e. The summed E-state index contributed by atoms with van der Waals surface area (Å²) in [4.78, 5) is 4.58. The molecule has 0 fully saturated rings. The highest BCUT2D eigenvalue weighted by molar-refractivity contribution is 8.14. The molecule has 0 saturated carbocycles. The fourth-order valence-electron chi connectivity index (χ4n) is 2.00. The van der Waals surface area contributed by atoms with Crippen LogP contribution in [0, 0.1) is 5.82 Å². The van der Waals surface area contributed by atoms with E-state index >= 15 is 0 Å². The van der Waals surface area contributed by atoms with Gasteiger partial charge in [-0.3, -0.25) is 4.99 Å². The number of aliphatic imine (C=N–C) groups is 1. The third-order valence-electron chi connectivity index (χ3n) is 3.03. The summed E-state index contributed by atoms with van der Waals surface area (Å²) >= 11 is 7.35. The van der Waals surface area contributed by atoms with Gasteiger partial charge in [0.15, 0.2) is 11.0 Å². The molecule has 2 aromatic carbocycles. The quantitative estimate of drug-likeness (QED) is 0.867. The van der Waals surface area contributed by atoms with E-state index in [4.69, 9.17) is 11.6 Å². The van der Waals surface area contributed by atoms with Crippen LogP contribution < -0.4 is 5.32 Å². The molecule has 1 unspecified atom stereocenters. The molecule has 0 aromatic heterocycles. The minimum Gasteiger partial charge on any atom is -0.333 e. The zero-order chi connectivity index (χ0) is 13.9. The van der Waals surface area contributed by atoms with Crippen molar-refractivity contribution in [3.05, 3.63) is 64.9 Å². The molecule has 0 radical (unpaired) electrons. The Morgan fingerprint density at radius 1 is 1.15 bits per heavy atom. The second-order valence-electron chi connectivity index (χ2n) is 4.40. The highest BCUT2D eigenvalue weighted by atomic mass is 35.5. The second-order valence-corrected chi connectivity index (χ2v) is 5.81. The van der Waals surface area contributed by atoms with Crippen LogP contribution in [0.1, 0.15) is 11.6 Å². The van der Waals surface area contributed by atoms with E-state index in [1.54, 1.807) is 23.9 Å². The minimum atomic E-state index is -0.444. The van der Waals surface area contributed by atoms with Crippen molar-refractivity contribution in [2.45, 2.75) is 6.04 Å². The highest BCUT2D eigenvalue weighted by Crippen LogP contribution is 2.31. The molecule has 102 valence electrons. The van der Waals surface area contributed by atoms with Gasteiger partial charge >= 0.3 is 0 Å². The Hall–Kier alpha value is -1.52. The third-order valence-corrected chi connectivity index (χ3v) is 4.28. The molecule has 0 aliphatic carbocycles. The molecule has 1 aliphatic heterocycles. The van der Waals surface area contributed by atoms with Gasteiger partial charge in [-0.05, 0) is 17.7 Å². The molecular weight excluding hydrogens is 295 g/mol. The monoisotopic (exact) mass is 306 g/mol. The Kier molecular flexibility index (Phi) is 3.94. The maximum absolute atomic E-state index is 13.8. The Morgan fingerprint density at radius 2 is 1.95 bits per heavy atom. The zero-order valence-electron chi connectivity index (χ0n) is 10.5. The molecule has 5 heteroatoms. The van der Waals surface area contributed by atoms with Gasteiger partial charge in [0.05, 0.1) is 16.8 Å². The number of benzene rings is 2. The third kappa shape index (κ3) is 2.81. The maximum Gasteiger partial charge on any atom is 0.165 e. The Balaban J connectivity index is 1.78. The van der Waals surface area contributed by atoms with E-state index in [1.807, 2.05) is 18.2 Å². The van der Waals surface area contributed by atoms with Crippen LogP contribution in [0.15, 0.2) is 53.5 Å². The predicted molar refractivity (Wildman–Crippen MR) is 84.1 cm³/mol. The van der Waals surface area contributed by atoms with E-state index in [0.717, 1.165) is 10.9 Å². The van der Waals surface area contributed by atoms with Crippen LogP contribution in [0.4, 0.5) is 10.1 Å². The van der Waals surface area contributed by atoms with Crippen LogP contribution >= 0.6 is 23.4 Å². The molecule has 2 nitrogen and oxygen atoms in total. The average Bonchev–Trinajstić information content (AvgIpc) is 2.93. The van der Waals surface area contributed by atoms with Crippen molar-refractivity contribution in [1.29, 1.82) is 0 Å². The lowest BCUT2D eigenvalue weighted by molar-refractivity contribution is 0.632. The normalized spacial score (nSPS) is 17.9. The molecule has 0 saturated heterocycles. The summed E-state index contributed by atoms with van der Waals surface area (Å²) in [5, 5.41) is 3.83. The SMILES string of the molecule is Fc1c(Cl)cccc1NC1=NC(c2ccccc2)CS1. The molecule has 20 heavy (non-hydrogen) atoms. The molecule has 3 rings (SSSR count). The molecule has 1 heterocycles. The summed E-state index contributed by atoms with van der Waals surface area (Å²) in [6, 6.07) is 15.1. The van der Waals surface area contributed by atoms with Gasteiger partial charge in [-0.15, -0.1) is 0 Å². The first-order valence-corrected chi connectivity index (χ1v) is 7.57. The zero-order valence-corrected chi connectivity index (χ0v) is 12.1. The van der Waals surface area contributed by atoms with Crippen molar-refractivity contribution in [2.24, 2.45) is 4.99 Å². The van der Waals surface area contributed by atoms with Gasteiger partial charge < -0.3 is 5.32 Å². The van der Waals surface area contributed by atoms with Crippen LogP contribution in [0.25, 0.3) is 0 Å². The van der Waals surface area contributed by atoms with Gasteiger partial charge in [0.2, 0.25) is 0 Å². The number of anilines is 1. The van der Waals surface area contributed by atoms with Crippen molar-refractivity contribution in [3.8, 4) is 0 Å².